The van der Waals surface area contributed by atoms with Gasteiger partial charge in [-0.2, -0.15) is 0 Å². The van der Waals surface area contributed by atoms with Crippen LogP contribution in [0.5, 0.6) is 0 Å². The van der Waals surface area contributed by atoms with E-state index in [0.717, 1.165) is 13.1 Å². The molecule has 1 saturated heterocycles. The predicted octanol–water partition coefficient (Wildman–Crippen LogP) is 1.74. The molecule has 0 bridgehead atoms. The van der Waals surface area contributed by atoms with Gasteiger partial charge in [-0.3, -0.25) is 0 Å². The minimum absolute atomic E-state index is 0.482. The van der Waals surface area contributed by atoms with Crippen LogP contribution in [0.1, 0.15) is 28.1 Å². The van der Waals surface area contributed by atoms with E-state index in [0.29, 0.717) is 12.4 Å². The highest BCUT2D eigenvalue weighted by Crippen LogP contribution is 2.28. The minimum atomic E-state index is 0.482. The second-order valence-corrected chi connectivity index (χ2v) is 3.78. The lowest BCUT2D eigenvalue weighted by molar-refractivity contribution is 0.157. The van der Waals surface area contributed by atoms with Gasteiger partial charge in [0, 0.05) is 1.37 Å². The maximum absolute atomic E-state index is 7.15. The van der Waals surface area contributed by atoms with Gasteiger partial charge in [0.25, 0.3) is 0 Å². The van der Waals surface area contributed by atoms with Crippen molar-refractivity contribution in [3.8, 4) is 0 Å². The highest BCUT2D eigenvalue weighted by Gasteiger charge is 2.22. The monoisotopic (exact) mass is 129 g/mol. The Labute approximate surface area is 59.5 Å². The van der Waals surface area contributed by atoms with Gasteiger partial charge in [-0.1, -0.05) is 13.8 Å². The van der Waals surface area contributed by atoms with Crippen molar-refractivity contribution in [2.24, 2.45) is 5.41 Å². The van der Waals surface area contributed by atoms with E-state index in [4.69, 9.17) is 1.37 Å². The van der Waals surface area contributed by atoms with E-state index < -0.39 is 0 Å². The van der Waals surface area contributed by atoms with Crippen LogP contribution in [0.4, 0.5) is 0 Å². The van der Waals surface area contributed by atoms with Crippen LogP contribution in [0.15, 0.2) is 0 Å². The molecule has 0 saturated carbocycles. The topological polar surface area (TPSA) is 3.24 Å². The lowest BCUT2D eigenvalue weighted by atomic mass is 9.83. The second-order valence-electron chi connectivity index (χ2n) is 3.78. The molecule has 54 valence electrons. The molecule has 0 amide bonds. The molecule has 1 fully saturated rings. The molecule has 0 aromatic heterocycles. The first-order valence-electron chi connectivity index (χ1n) is 4.36. The Hall–Kier alpha value is -0.0400. The molecule has 0 aliphatic carbocycles. The van der Waals surface area contributed by atoms with E-state index in [9.17, 15) is 0 Å². The Bertz CT molecular complexity index is 102. The van der Waals surface area contributed by atoms with Gasteiger partial charge in [0.1, 0.15) is 0 Å². The fourth-order valence-corrected chi connectivity index (χ4v) is 1.16. The van der Waals surface area contributed by atoms with E-state index >= 15 is 0 Å². The van der Waals surface area contributed by atoms with Gasteiger partial charge in [0.05, 0.1) is 0 Å². The van der Waals surface area contributed by atoms with Gasteiger partial charge in [0.2, 0.25) is 0 Å². The van der Waals surface area contributed by atoms with Crippen molar-refractivity contribution >= 4 is 0 Å². The average molecular weight is 129 g/mol. The molecule has 0 atom stereocenters. The lowest BCUT2D eigenvalue weighted by Gasteiger charge is -2.34. The summed E-state index contributed by atoms with van der Waals surface area (Å²) in [5, 5.41) is 0. The number of piperidine rings is 1. The zero-order valence-corrected chi connectivity index (χ0v) is 6.48. The molecule has 1 aliphatic heterocycles. The minimum Gasteiger partial charge on any atom is -0.306 e. The van der Waals surface area contributed by atoms with Crippen molar-refractivity contribution in [2.45, 2.75) is 26.7 Å². The van der Waals surface area contributed by atoms with Crippen LogP contribution in [0.3, 0.4) is 0 Å². The normalized spacial score (nSPS) is 29.8. The van der Waals surface area contributed by atoms with Crippen LogP contribution in [0.2, 0.25) is 0 Å². The molecule has 0 spiro atoms. The zero-order valence-electron chi connectivity index (χ0n) is 7.48. The van der Waals surface area contributed by atoms with Crippen LogP contribution < -0.4 is 0 Å². The number of rotatable bonds is 0. The predicted molar refractivity (Wildman–Crippen MR) is 40.5 cm³/mol. The molecule has 9 heavy (non-hydrogen) atoms. The third-order valence-electron chi connectivity index (χ3n) is 2.21. The summed E-state index contributed by atoms with van der Waals surface area (Å²) in [6, 6.07) is 0. The SMILES string of the molecule is [3H]CN1CCC(C)(C)CC1. The summed E-state index contributed by atoms with van der Waals surface area (Å²) in [5.74, 6) is 0. The van der Waals surface area contributed by atoms with E-state index in [2.05, 4.69) is 18.7 Å². The van der Waals surface area contributed by atoms with Crippen molar-refractivity contribution in [1.29, 1.82) is 0 Å². The molecule has 0 aromatic rings. The first-order valence-corrected chi connectivity index (χ1v) is 3.66. The zero-order chi connectivity index (χ0) is 7.61. The fourth-order valence-electron chi connectivity index (χ4n) is 1.16. The van der Waals surface area contributed by atoms with E-state index in [1.165, 1.54) is 12.8 Å². The smallest absolute Gasteiger partial charge is 0.0394 e. The summed E-state index contributed by atoms with van der Waals surface area (Å²) in [4.78, 5) is 2.20. The number of hydrogen-bond acceptors (Lipinski definition) is 1. The first kappa shape index (κ1) is 5.72. The molecule has 1 heterocycles. The largest absolute Gasteiger partial charge is 0.306 e. The molecule has 1 heteroatoms. The second kappa shape index (κ2) is 2.30. The van der Waals surface area contributed by atoms with E-state index in [1.54, 1.807) is 0 Å². The molecule has 0 aromatic carbocycles. The van der Waals surface area contributed by atoms with E-state index in [1.807, 2.05) is 0 Å². The first-order chi connectivity index (χ1) is 4.64. The third-order valence-corrected chi connectivity index (χ3v) is 2.21. The number of likely N-dealkylation sites (tertiary alicyclic amines) is 1. The standard InChI is InChI=1S/C8H17N/c1-8(2)4-6-9(3)7-5-8/h4-7H2,1-3H3/i3T. The van der Waals surface area contributed by atoms with Gasteiger partial charge >= 0.3 is 0 Å². The summed E-state index contributed by atoms with van der Waals surface area (Å²) >= 11 is 0. The summed E-state index contributed by atoms with van der Waals surface area (Å²) in [5.41, 5.74) is 0.533. The van der Waals surface area contributed by atoms with Gasteiger partial charge in [-0.05, 0) is 38.4 Å². The van der Waals surface area contributed by atoms with Crippen LogP contribution >= 0.6 is 0 Å². The Kier molecular flexibility index (Phi) is 1.46. The molecule has 1 rings (SSSR count). The van der Waals surface area contributed by atoms with Crippen LogP contribution in [0, 0.1) is 5.41 Å². The van der Waals surface area contributed by atoms with Gasteiger partial charge in [0.15, 0.2) is 0 Å². The summed E-state index contributed by atoms with van der Waals surface area (Å²) in [7, 11) is 0.482. The molecule has 1 aliphatic rings. The molecular formula is C8H17N. The molecule has 0 unspecified atom stereocenters. The van der Waals surface area contributed by atoms with Crippen molar-refractivity contribution in [2.75, 3.05) is 20.1 Å². The van der Waals surface area contributed by atoms with Gasteiger partial charge in [-0.25, -0.2) is 0 Å². The summed E-state index contributed by atoms with van der Waals surface area (Å²) < 4.78 is 7.15. The van der Waals surface area contributed by atoms with Gasteiger partial charge < -0.3 is 4.90 Å². The van der Waals surface area contributed by atoms with Crippen molar-refractivity contribution in [1.82, 2.24) is 4.90 Å². The summed E-state index contributed by atoms with van der Waals surface area (Å²) in [6.07, 6.45) is 2.51. The summed E-state index contributed by atoms with van der Waals surface area (Å²) in [6.45, 7) is 6.87. The quantitative estimate of drug-likeness (QED) is 0.481. The van der Waals surface area contributed by atoms with Gasteiger partial charge in [-0.15, -0.1) is 0 Å². The van der Waals surface area contributed by atoms with Crippen LogP contribution in [-0.2, 0) is 0 Å². The Morgan fingerprint density at radius 1 is 1.33 bits per heavy atom. The van der Waals surface area contributed by atoms with E-state index in [-0.39, 0.29) is 0 Å². The Morgan fingerprint density at radius 3 is 2.33 bits per heavy atom. The van der Waals surface area contributed by atoms with Crippen molar-refractivity contribution < 1.29 is 1.37 Å². The molecule has 1 nitrogen and oxygen atoms in total. The molecule has 0 radical (unpaired) electrons. The fraction of sp³-hybridized carbons (Fsp3) is 1.00. The van der Waals surface area contributed by atoms with Crippen molar-refractivity contribution in [3.63, 3.8) is 0 Å². The van der Waals surface area contributed by atoms with Crippen LogP contribution in [-0.4, -0.2) is 25.0 Å². The number of hydrogen-bond donors (Lipinski definition) is 0. The molecule has 0 N–H and O–H groups in total. The molecular weight excluding hydrogens is 110 g/mol. The van der Waals surface area contributed by atoms with Crippen LogP contribution in [0.25, 0.3) is 0 Å². The van der Waals surface area contributed by atoms with Crippen molar-refractivity contribution in [3.05, 3.63) is 0 Å². The average Bonchev–Trinajstić information content (AvgIpc) is 1.88. The highest BCUT2D eigenvalue weighted by molar-refractivity contribution is 4.76. The third kappa shape index (κ3) is 1.98. The maximum Gasteiger partial charge on any atom is 0.0394 e. The lowest BCUT2D eigenvalue weighted by Crippen LogP contribution is -2.34. The maximum atomic E-state index is 7.15. The Morgan fingerprint density at radius 2 is 1.89 bits per heavy atom. The highest BCUT2D eigenvalue weighted by atomic mass is 15.1. The number of nitrogens with zero attached hydrogens (tertiary/aromatic N) is 1. The Balaban J connectivity index is 2.31.